The standard InChI is InChI=1S/C4H9NO2S.C2HF3O2/c5-3(1-2-8)4(6)7;3-2(4,5)1(6)7/h3,8H,1-2,5H2,(H,6,7);(H,6,7)/t3-;/m0./s1. The van der Waals surface area contributed by atoms with Gasteiger partial charge in [-0.15, -0.1) is 0 Å². The molecular weight excluding hydrogens is 239 g/mol. The van der Waals surface area contributed by atoms with Crippen molar-refractivity contribution >= 4 is 24.6 Å². The minimum Gasteiger partial charge on any atom is -0.480 e. The molecule has 5 nitrogen and oxygen atoms in total. The zero-order valence-electron chi connectivity index (χ0n) is 7.36. The number of carbonyl (C=O) groups is 2. The van der Waals surface area contributed by atoms with Crippen molar-refractivity contribution in [2.75, 3.05) is 5.75 Å². The molecule has 0 unspecified atom stereocenters. The Morgan fingerprint density at radius 3 is 1.73 bits per heavy atom. The van der Waals surface area contributed by atoms with Crippen molar-refractivity contribution in [2.24, 2.45) is 5.73 Å². The van der Waals surface area contributed by atoms with E-state index in [0.29, 0.717) is 12.2 Å². The third-order valence-electron chi connectivity index (χ3n) is 1.000. The highest BCUT2D eigenvalue weighted by molar-refractivity contribution is 7.80. The number of carboxylic acid groups (broad SMARTS) is 2. The minimum atomic E-state index is -5.08. The summed E-state index contributed by atoms with van der Waals surface area (Å²) in [6, 6.07) is -0.743. The number of hydrogen-bond donors (Lipinski definition) is 4. The van der Waals surface area contributed by atoms with E-state index in [0.717, 1.165) is 0 Å². The summed E-state index contributed by atoms with van der Waals surface area (Å²) in [5.41, 5.74) is 5.08. The van der Waals surface area contributed by atoms with Crippen LogP contribution in [0.5, 0.6) is 0 Å². The molecule has 0 saturated carbocycles. The van der Waals surface area contributed by atoms with Gasteiger partial charge in [0.1, 0.15) is 6.04 Å². The molecule has 0 rings (SSSR count). The van der Waals surface area contributed by atoms with E-state index in [2.05, 4.69) is 12.6 Å². The van der Waals surface area contributed by atoms with Gasteiger partial charge in [-0.1, -0.05) is 0 Å². The predicted octanol–water partition coefficient (Wildman–Crippen LogP) is 0.351. The van der Waals surface area contributed by atoms with Crippen LogP contribution in [-0.2, 0) is 9.59 Å². The van der Waals surface area contributed by atoms with Crippen LogP contribution < -0.4 is 5.73 Å². The van der Waals surface area contributed by atoms with Crippen molar-refractivity contribution in [2.45, 2.75) is 18.6 Å². The van der Waals surface area contributed by atoms with Gasteiger partial charge in [-0.25, -0.2) is 4.79 Å². The summed E-state index contributed by atoms with van der Waals surface area (Å²) in [6.45, 7) is 0. The average Bonchev–Trinajstić information content (AvgIpc) is 2.03. The topological polar surface area (TPSA) is 101 Å². The lowest BCUT2D eigenvalue weighted by atomic mass is 10.2. The molecule has 1 atom stereocenters. The van der Waals surface area contributed by atoms with E-state index < -0.39 is 24.2 Å². The Bertz CT molecular complexity index is 221. The van der Waals surface area contributed by atoms with Gasteiger partial charge in [-0.05, 0) is 12.2 Å². The van der Waals surface area contributed by atoms with Gasteiger partial charge in [0, 0.05) is 0 Å². The number of carboxylic acids is 2. The van der Waals surface area contributed by atoms with E-state index in [1.54, 1.807) is 0 Å². The lowest BCUT2D eigenvalue weighted by molar-refractivity contribution is -0.192. The van der Waals surface area contributed by atoms with Gasteiger partial charge >= 0.3 is 18.1 Å². The molecule has 0 bridgehead atoms. The third-order valence-corrected chi connectivity index (χ3v) is 1.26. The summed E-state index contributed by atoms with van der Waals surface area (Å²) in [7, 11) is 0. The van der Waals surface area contributed by atoms with Crippen LogP contribution in [-0.4, -0.2) is 40.1 Å². The van der Waals surface area contributed by atoms with Crippen molar-refractivity contribution in [3.63, 3.8) is 0 Å². The first-order valence-corrected chi connectivity index (χ1v) is 4.15. The van der Waals surface area contributed by atoms with Crippen molar-refractivity contribution in [3.05, 3.63) is 0 Å². The van der Waals surface area contributed by atoms with Crippen LogP contribution >= 0.6 is 12.6 Å². The van der Waals surface area contributed by atoms with Gasteiger partial charge in [0.25, 0.3) is 0 Å². The van der Waals surface area contributed by atoms with E-state index >= 15 is 0 Å². The quantitative estimate of drug-likeness (QED) is 0.541. The molecule has 90 valence electrons. The van der Waals surface area contributed by atoms with Crippen molar-refractivity contribution in [1.29, 1.82) is 0 Å². The molecule has 4 N–H and O–H groups in total. The fraction of sp³-hybridized carbons (Fsp3) is 0.667. The monoisotopic (exact) mass is 249 g/mol. The van der Waals surface area contributed by atoms with Crippen LogP contribution in [0.1, 0.15) is 6.42 Å². The molecule has 0 radical (unpaired) electrons. The van der Waals surface area contributed by atoms with Crippen LogP contribution in [0, 0.1) is 0 Å². The third kappa shape index (κ3) is 11.0. The molecule has 0 aliphatic heterocycles. The number of alkyl halides is 3. The second-order valence-electron chi connectivity index (χ2n) is 2.26. The fourth-order valence-corrected chi connectivity index (χ4v) is 0.541. The minimum absolute atomic E-state index is 0.429. The fourth-order valence-electron chi connectivity index (χ4n) is 0.263. The van der Waals surface area contributed by atoms with Crippen molar-refractivity contribution < 1.29 is 33.0 Å². The lowest BCUT2D eigenvalue weighted by Crippen LogP contribution is -2.30. The molecule has 0 aromatic carbocycles. The zero-order valence-corrected chi connectivity index (χ0v) is 8.26. The molecule has 0 saturated heterocycles. The molecule has 0 amide bonds. The van der Waals surface area contributed by atoms with Gasteiger partial charge in [0.2, 0.25) is 0 Å². The lowest BCUT2D eigenvalue weighted by Gasteiger charge is -2.00. The normalized spacial score (nSPS) is 12.3. The molecule has 0 aliphatic rings. The Balaban J connectivity index is 0. The predicted molar refractivity (Wildman–Crippen MR) is 47.8 cm³/mol. The average molecular weight is 249 g/mol. The van der Waals surface area contributed by atoms with Crippen molar-refractivity contribution in [1.82, 2.24) is 0 Å². The summed E-state index contributed by atoms with van der Waals surface area (Å²) in [4.78, 5) is 18.8. The second-order valence-corrected chi connectivity index (χ2v) is 2.71. The first kappa shape index (κ1) is 16.5. The van der Waals surface area contributed by atoms with E-state index in [1.165, 1.54) is 0 Å². The molecule has 0 heterocycles. The van der Waals surface area contributed by atoms with Crippen LogP contribution in [0.2, 0.25) is 0 Å². The Labute approximate surface area is 88.5 Å². The highest BCUT2D eigenvalue weighted by Gasteiger charge is 2.38. The Kier molecular flexibility index (Phi) is 8.07. The molecule has 0 aromatic heterocycles. The number of nitrogens with two attached hydrogens (primary N) is 1. The summed E-state index contributed by atoms with van der Waals surface area (Å²) in [6.07, 6.45) is -4.65. The van der Waals surface area contributed by atoms with E-state index in [1.807, 2.05) is 0 Å². The van der Waals surface area contributed by atoms with Gasteiger partial charge in [-0.3, -0.25) is 4.79 Å². The maximum Gasteiger partial charge on any atom is 0.490 e. The molecule has 0 aromatic rings. The molecular formula is C6H10F3NO4S. The van der Waals surface area contributed by atoms with Gasteiger partial charge in [0.15, 0.2) is 0 Å². The number of halogens is 3. The van der Waals surface area contributed by atoms with E-state index in [4.69, 9.17) is 20.7 Å². The summed E-state index contributed by atoms with van der Waals surface area (Å²) < 4.78 is 31.7. The Morgan fingerprint density at radius 1 is 1.33 bits per heavy atom. The van der Waals surface area contributed by atoms with E-state index in [9.17, 15) is 18.0 Å². The Morgan fingerprint density at radius 2 is 1.67 bits per heavy atom. The maximum absolute atomic E-state index is 10.6. The van der Waals surface area contributed by atoms with Crippen molar-refractivity contribution in [3.8, 4) is 0 Å². The summed E-state index contributed by atoms with van der Waals surface area (Å²) in [5.74, 6) is -3.19. The molecule has 0 spiro atoms. The van der Waals surface area contributed by atoms with Crippen LogP contribution in [0.25, 0.3) is 0 Å². The smallest absolute Gasteiger partial charge is 0.480 e. The number of rotatable bonds is 3. The number of hydrogen-bond acceptors (Lipinski definition) is 4. The number of aliphatic carboxylic acids is 2. The highest BCUT2D eigenvalue weighted by Crippen LogP contribution is 2.13. The Hall–Kier alpha value is -0.960. The molecule has 0 aliphatic carbocycles. The summed E-state index contributed by atoms with van der Waals surface area (Å²) >= 11 is 3.81. The second kappa shape index (κ2) is 7.35. The van der Waals surface area contributed by atoms with Crippen LogP contribution in [0.15, 0.2) is 0 Å². The van der Waals surface area contributed by atoms with Gasteiger partial charge in [0.05, 0.1) is 0 Å². The molecule has 9 heteroatoms. The highest BCUT2D eigenvalue weighted by atomic mass is 32.1. The SMILES string of the molecule is N[C@@H](CCS)C(=O)O.O=C(O)C(F)(F)F. The number of thiol groups is 1. The summed E-state index contributed by atoms with van der Waals surface area (Å²) in [5, 5.41) is 15.3. The van der Waals surface area contributed by atoms with Gasteiger partial charge < -0.3 is 15.9 Å². The zero-order chi connectivity index (χ0) is 12.6. The maximum atomic E-state index is 10.6. The van der Waals surface area contributed by atoms with Crippen LogP contribution in [0.4, 0.5) is 13.2 Å². The largest absolute Gasteiger partial charge is 0.490 e. The van der Waals surface area contributed by atoms with Crippen LogP contribution in [0.3, 0.4) is 0 Å². The molecule has 0 fully saturated rings. The molecule has 15 heavy (non-hydrogen) atoms. The van der Waals surface area contributed by atoms with Gasteiger partial charge in [-0.2, -0.15) is 25.8 Å². The van der Waals surface area contributed by atoms with E-state index in [-0.39, 0.29) is 0 Å². The first-order chi connectivity index (χ1) is 6.62. The first-order valence-electron chi connectivity index (χ1n) is 3.52.